The van der Waals surface area contributed by atoms with Gasteiger partial charge in [0.2, 0.25) is 0 Å². The van der Waals surface area contributed by atoms with Crippen molar-refractivity contribution < 1.29 is 4.74 Å². The first-order chi connectivity index (χ1) is 7.63. The van der Waals surface area contributed by atoms with Crippen LogP contribution in [-0.2, 0) is 11.3 Å². The first kappa shape index (κ1) is 13.1. The molecule has 0 saturated heterocycles. The van der Waals surface area contributed by atoms with Gasteiger partial charge in [-0.3, -0.25) is 4.98 Å². The van der Waals surface area contributed by atoms with E-state index in [0.29, 0.717) is 17.3 Å². The second kappa shape index (κ2) is 6.55. The number of hydrogen-bond donors (Lipinski definition) is 1. The van der Waals surface area contributed by atoms with Gasteiger partial charge < -0.3 is 10.5 Å². The number of thiocarbonyl (C=S) groups is 1. The third kappa shape index (κ3) is 4.24. The summed E-state index contributed by atoms with van der Waals surface area (Å²) in [6.45, 7) is 4.82. The van der Waals surface area contributed by atoms with E-state index in [1.165, 1.54) is 0 Å². The monoisotopic (exact) mass is 238 g/mol. The van der Waals surface area contributed by atoms with Crippen LogP contribution >= 0.6 is 12.2 Å². The average Bonchev–Trinajstić information content (AvgIpc) is 2.27. The highest BCUT2D eigenvalue weighted by Crippen LogP contribution is 2.08. The lowest BCUT2D eigenvalue weighted by Gasteiger charge is -2.12. The molecular formula is C12H18N2OS. The van der Waals surface area contributed by atoms with Gasteiger partial charge in [-0.25, -0.2) is 0 Å². The van der Waals surface area contributed by atoms with Crippen molar-refractivity contribution in [1.82, 2.24) is 4.98 Å². The molecule has 0 fully saturated rings. The first-order valence-electron chi connectivity index (χ1n) is 5.49. The molecule has 1 heterocycles. The van der Waals surface area contributed by atoms with E-state index >= 15 is 0 Å². The molecule has 0 aromatic carbocycles. The number of pyridine rings is 1. The van der Waals surface area contributed by atoms with Gasteiger partial charge in [-0.15, -0.1) is 0 Å². The largest absolute Gasteiger partial charge is 0.388 e. The van der Waals surface area contributed by atoms with E-state index in [4.69, 9.17) is 22.7 Å². The number of aromatic nitrogens is 1. The van der Waals surface area contributed by atoms with Crippen LogP contribution in [0, 0.1) is 0 Å². The lowest BCUT2D eigenvalue weighted by atomic mass is 10.2. The number of nitrogens with zero attached hydrogens (tertiary/aromatic N) is 1. The zero-order chi connectivity index (χ0) is 12.0. The predicted molar refractivity (Wildman–Crippen MR) is 69.3 cm³/mol. The van der Waals surface area contributed by atoms with E-state index in [-0.39, 0.29) is 6.10 Å². The summed E-state index contributed by atoms with van der Waals surface area (Å²) in [6, 6.07) is 3.79. The molecule has 0 bridgehead atoms. The average molecular weight is 238 g/mol. The van der Waals surface area contributed by atoms with Gasteiger partial charge in [0.05, 0.1) is 18.4 Å². The fourth-order valence-electron chi connectivity index (χ4n) is 1.43. The van der Waals surface area contributed by atoms with Gasteiger partial charge in [0.25, 0.3) is 0 Å². The molecular weight excluding hydrogens is 220 g/mol. The van der Waals surface area contributed by atoms with Crippen molar-refractivity contribution in [3.05, 3.63) is 29.6 Å². The van der Waals surface area contributed by atoms with Crippen molar-refractivity contribution in [2.75, 3.05) is 0 Å². The molecule has 3 nitrogen and oxygen atoms in total. The molecule has 1 aromatic heterocycles. The highest BCUT2D eigenvalue weighted by Gasteiger charge is 2.03. The summed E-state index contributed by atoms with van der Waals surface area (Å²) in [4.78, 5) is 4.40. The van der Waals surface area contributed by atoms with Gasteiger partial charge in [0.15, 0.2) is 0 Å². The predicted octanol–water partition coefficient (Wildman–Crippen LogP) is 2.42. The number of hydrogen-bond acceptors (Lipinski definition) is 3. The second-order valence-corrected chi connectivity index (χ2v) is 4.26. The van der Waals surface area contributed by atoms with Crippen LogP contribution in [-0.4, -0.2) is 16.1 Å². The number of nitrogens with two attached hydrogens (primary N) is 1. The maximum absolute atomic E-state index is 5.69. The first-order valence-corrected chi connectivity index (χ1v) is 5.90. The second-order valence-electron chi connectivity index (χ2n) is 3.82. The van der Waals surface area contributed by atoms with E-state index in [2.05, 4.69) is 18.8 Å². The summed E-state index contributed by atoms with van der Waals surface area (Å²) in [6.07, 6.45) is 4.20. The normalized spacial score (nSPS) is 12.4. The molecule has 2 N–H and O–H groups in total. The van der Waals surface area contributed by atoms with E-state index in [9.17, 15) is 0 Å². The molecule has 0 saturated carbocycles. The molecule has 16 heavy (non-hydrogen) atoms. The zero-order valence-electron chi connectivity index (χ0n) is 9.77. The Morgan fingerprint density at radius 3 is 3.00 bits per heavy atom. The van der Waals surface area contributed by atoms with Gasteiger partial charge in [-0.05, 0) is 31.0 Å². The summed E-state index contributed by atoms with van der Waals surface area (Å²) in [5.41, 5.74) is 7.22. The fraction of sp³-hybridized carbons (Fsp3) is 0.500. The zero-order valence-corrected chi connectivity index (χ0v) is 10.6. The highest BCUT2D eigenvalue weighted by molar-refractivity contribution is 7.80. The van der Waals surface area contributed by atoms with Crippen LogP contribution in [0.3, 0.4) is 0 Å². The summed E-state index contributed by atoms with van der Waals surface area (Å²) < 4.78 is 5.69. The minimum Gasteiger partial charge on any atom is -0.388 e. The Hall–Kier alpha value is -1.00. The minimum absolute atomic E-state index is 0.284. The van der Waals surface area contributed by atoms with Crippen LogP contribution in [0.5, 0.6) is 0 Å². The maximum Gasteiger partial charge on any atom is 0.122 e. The van der Waals surface area contributed by atoms with Crippen molar-refractivity contribution in [2.45, 2.75) is 39.4 Å². The molecule has 0 amide bonds. The highest BCUT2D eigenvalue weighted by atomic mass is 32.1. The van der Waals surface area contributed by atoms with Gasteiger partial charge in [0, 0.05) is 6.20 Å². The standard InChI is InChI=1S/C12H18N2OS/c1-3-4-9(2)15-8-10-5-6-14-11(7-10)12(13)16/h5-7,9H,3-4,8H2,1-2H3,(H2,13,16). The third-order valence-corrected chi connectivity index (χ3v) is 2.52. The van der Waals surface area contributed by atoms with Gasteiger partial charge in [-0.1, -0.05) is 25.6 Å². The van der Waals surface area contributed by atoms with E-state index in [0.717, 1.165) is 18.4 Å². The van der Waals surface area contributed by atoms with E-state index < -0.39 is 0 Å². The quantitative estimate of drug-likeness (QED) is 0.773. The minimum atomic E-state index is 0.284. The number of ether oxygens (including phenoxy) is 1. The molecule has 1 atom stereocenters. The van der Waals surface area contributed by atoms with Crippen LogP contribution in [0.15, 0.2) is 18.3 Å². The lowest BCUT2D eigenvalue weighted by molar-refractivity contribution is 0.0471. The smallest absolute Gasteiger partial charge is 0.122 e. The molecule has 4 heteroatoms. The van der Waals surface area contributed by atoms with Crippen molar-refractivity contribution in [2.24, 2.45) is 5.73 Å². The molecule has 0 radical (unpaired) electrons. The molecule has 88 valence electrons. The summed E-state index contributed by atoms with van der Waals surface area (Å²) in [7, 11) is 0. The van der Waals surface area contributed by atoms with E-state index in [1.54, 1.807) is 6.20 Å². The fourth-order valence-corrected chi connectivity index (χ4v) is 1.54. The molecule has 0 aliphatic carbocycles. The Bertz CT molecular complexity index is 355. The molecule has 0 aliphatic rings. The van der Waals surface area contributed by atoms with Crippen LogP contribution in [0.1, 0.15) is 37.9 Å². The summed E-state index contributed by atoms with van der Waals surface area (Å²) in [5, 5.41) is 0. The lowest BCUT2D eigenvalue weighted by Crippen LogP contribution is -2.12. The van der Waals surface area contributed by atoms with Crippen LogP contribution in [0.4, 0.5) is 0 Å². The van der Waals surface area contributed by atoms with Crippen LogP contribution in [0.25, 0.3) is 0 Å². The topological polar surface area (TPSA) is 48.1 Å². The van der Waals surface area contributed by atoms with Gasteiger partial charge in [-0.2, -0.15) is 0 Å². The molecule has 0 spiro atoms. The van der Waals surface area contributed by atoms with Crippen molar-refractivity contribution in [3.63, 3.8) is 0 Å². The Balaban J connectivity index is 2.54. The Kier molecular flexibility index (Phi) is 5.35. The molecule has 1 unspecified atom stereocenters. The van der Waals surface area contributed by atoms with Crippen molar-refractivity contribution in [3.8, 4) is 0 Å². The molecule has 1 aromatic rings. The molecule has 1 rings (SSSR count). The Labute approximate surface area is 102 Å². The Morgan fingerprint density at radius 1 is 1.62 bits per heavy atom. The van der Waals surface area contributed by atoms with E-state index in [1.807, 2.05) is 12.1 Å². The summed E-state index contributed by atoms with van der Waals surface area (Å²) in [5.74, 6) is 0. The summed E-state index contributed by atoms with van der Waals surface area (Å²) >= 11 is 4.87. The van der Waals surface area contributed by atoms with Crippen molar-refractivity contribution >= 4 is 17.2 Å². The third-order valence-electron chi connectivity index (χ3n) is 2.31. The van der Waals surface area contributed by atoms with Gasteiger partial charge >= 0.3 is 0 Å². The Morgan fingerprint density at radius 2 is 2.38 bits per heavy atom. The maximum atomic E-state index is 5.69. The SMILES string of the molecule is CCCC(C)OCc1ccnc(C(N)=S)c1. The molecule has 0 aliphatic heterocycles. The van der Waals surface area contributed by atoms with Crippen molar-refractivity contribution in [1.29, 1.82) is 0 Å². The van der Waals surface area contributed by atoms with Gasteiger partial charge in [0.1, 0.15) is 4.99 Å². The number of rotatable bonds is 6. The van der Waals surface area contributed by atoms with Crippen LogP contribution in [0.2, 0.25) is 0 Å². The van der Waals surface area contributed by atoms with Crippen LogP contribution < -0.4 is 5.73 Å².